The van der Waals surface area contributed by atoms with E-state index >= 15 is 0 Å². The summed E-state index contributed by atoms with van der Waals surface area (Å²) in [5, 5.41) is 9.88. The van der Waals surface area contributed by atoms with Crippen LogP contribution >= 0.6 is 23.4 Å². The molecular formula is C24H30ClN3S. The third-order valence-corrected chi connectivity index (χ3v) is 6.92. The Morgan fingerprint density at radius 3 is 2.52 bits per heavy atom. The zero-order valence-corrected chi connectivity index (χ0v) is 19.3. The van der Waals surface area contributed by atoms with Crippen LogP contribution in [0.3, 0.4) is 0 Å². The van der Waals surface area contributed by atoms with E-state index in [1.54, 1.807) is 12.4 Å². The van der Waals surface area contributed by atoms with Crippen LogP contribution < -0.4 is 5.73 Å². The molecule has 3 nitrogen and oxygen atoms in total. The highest BCUT2D eigenvalue weighted by molar-refractivity contribution is 8.00. The number of nitriles is 1. The van der Waals surface area contributed by atoms with Crippen molar-refractivity contribution >= 4 is 34.6 Å². The summed E-state index contributed by atoms with van der Waals surface area (Å²) in [4.78, 5) is 4.19. The van der Waals surface area contributed by atoms with E-state index in [9.17, 15) is 5.26 Å². The lowest BCUT2D eigenvalue weighted by atomic mass is 9.90. The molecule has 1 aromatic heterocycles. The third kappa shape index (κ3) is 6.26. The third-order valence-electron chi connectivity index (χ3n) is 4.89. The number of nitrogens with zero attached hydrogens (tertiary/aromatic N) is 2. The van der Waals surface area contributed by atoms with Gasteiger partial charge in [-0.1, -0.05) is 50.4 Å². The van der Waals surface area contributed by atoms with Crippen molar-refractivity contribution in [2.24, 2.45) is 5.92 Å². The minimum absolute atomic E-state index is 0.459. The second-order valence-corrected chi connectivity index (χ2v) is 9.04. The van der Waals surface area contributed by atoms with Crippen LogP contribution in [0.5, 0.6) is 0 Å². The number of thioether (sulfide) groups is 1. The number of unbranched alkanes of at least 4 members (excludes halogenated alkanes) is 2. The van der Waals surface area contributed by atoms with Crippen LogP contribution in [0.4, 0.5) is 5.69 Å². The fourth-order valence-corrected chi connectivity index (χ4v) is 3.99. The molecule has 0 amide bonds. The Morgan fingerprint density at radius 1 is 1.28 bits per heavy atom. The van der Waals surface area contributed by atoms with Crippen LogP contribution in [-0.2, 0) is 0 Å². The lowest BCUT2D eigenvalue weighted by Crippen LogP contribution is -2.12. The Hall–Kier alpha value is -1.96. The quantitative estimate of drug-likeness (QED) is 0.533. The van der Waals surface area contributed by atoms with Gasteiger partial charge in [-0.15, -0.1) is 0 Å². The highest BCUT2D eigenvalue weighted by Crippen LogP contribution is 2.35. The number of aromatic nitrogens is 1. The fraction of sp³-hybridized carbons (Fsp3) is 0.417. The topological polar surface area (TPSA) is 62.7 Å². The predicted octanol–water partition coefficient (Wildman–Crippen LogP) is 6.80. The average Bonchev–Trinajstić information content (AvgIpc) is 2.67. The number of benzene rings is 1. The molecule has 3 rings (SSSR count). The average molecular weight is 428 g/mol. The molecule has 1 aromatic carbocycles. The van der Waals surface area contributed by atoms with Crippen molar-refractivity contribution in [2.75, 3.05) is 17.2 Å². The second kappa shape index (κ2) is 11.3. The van der Waals surface area contributed by atoms with Crippen LogP contribution in [0.2, 0.25) is 5.02 Å². The van der Waals surface area contributed by atoms with E-state index in [1.165, 1.54) is 11.5 Å². The van der Waals surface area contributed by atoms with Gasteiger partial charge in [0.15, 0.2) is 0 Å². The summed E-state index contributed by atoms with van der Waals surface area (Å²) in [7, 11) is 0. The minimum atomic E-state index is 0.459. The van der Waals surface area contributed by atoms with Gasteiger partial charge in [0.25, 0.3) is 0 Å². The Balaban J connectivity index is 0.000000521. The summed E-state index contributed by atoms with van der Waals surface area (Å²) in [6.45, 7) is 8.44. The Labute approximate surface area is 184 Å². The van der Waals surface area contributed by atoms with E-state index in [-0.39, 0.29) is 0 Å². The molecule has 0 aliphatic carbocycles. The van der Waals surface area contributed by atoms with Gasteiger partial charge in [0.05, 0.1) is 28.5 Å². The van der Waals surface area contributed by atoms with E-state index in [0.717, 1.165) is 53.0 Å². The fourth-order valence-electron chi connectivity index (χ4n) is 3.08. The first kappa shape index (κ1) is 23.3. The van der Waals surface area contributed by atoms with Gasteiger partial charge in [0.1, 0.15) is 0 Å². The van der Waals surface area contributed by atoms with E-state index in [4.69, 9.17) is 17.3 Å². The van der Waals surface area contributed by atoms with Crippen molar-refractivity contribution < 1.29 is 0 Å². The minimum Gasteiger partial charge on any atom is -0.396 e. The Morgan fingerprint density at radius 2 is 1.97 bits per heavy atom. The molecule has 0 bridgehead atoms. The summed E-state index contributed by atoms with van der Waals surface area (Å²) in [6.07, 6.45) is 8.60. The SMILES string of the molecule is CC1CSC1.CCCC/C=C(\c1cc(C#N)c(C)cc1C)c1cncc(N)c1Cl. The van der Waals surface area contributed by atoms with Crippen molar-refractivity contribution in [3.05, 3.63) is 63.4 Å². The van der Waals surface area contributed by atoms with Crippen LogP contribution in [0.1, 0.15) is 60.9 Å². The van der Waals surface area contributed by atoms with E-state index in [2.05, 4.69) is 31.0 Å². The molecule has 29 heavy (non-hydrogen) atoms. The first-order chi connectivity index (χ1) is 13.9. The predicted molar refractivity (Wildman–Crippen MR) is 127 cm³/mol. The van der Waals surface area contributed by atoms with Crippen LogP contribution in [0.15, 0.2) is 30.6 Å². The van der Waals surface area contributed by atoms with Crippen molar-refractivity contribution in [3.8, 4) is 6.07 Å². The number of allylic oxidation sites excluding steroid dienone is 1. The lowest BCUT2D eigenvalue weighted by Gasteiger charge is -2.18. The van der Waals surface area contributed by atoms with Crippen molar-refractivity contribution in [2.45, 2.75) is 47.0 Å². The maximum Gasteiger partial charge on any atom is 0.0994 e. The van der Waals surface area contributed by atoms with Gasteiger partial charge >= 0.3 is 0 Å². The smallest absolute Gasteiger partial charge is 0.0994 e. The summed E-state index contributed by atoms with van der Waals surface area (Å²) in [6, 6.07) is 6.23. The van der Waals surface area contributed by atoms with Crippen LogP contribution in [-0.4, -0.2) is 16.5 Å². The first-order valence-corrected chi connectivity index (χ1v) is 11.6. The normalized spacial score (nSPS) is 13.9. The number of hydrogen-bond donors (Lipinski definition) is 1. The summed E-state index contributed by atoms with van der Waals surface area (Å²) in [5.74, 6) is 3.83. The van der Waals surface area contributed by atoms with Crippen molar-refractivity contribution in [3.63, 3.8) is 0 Å². The largest absolute Gasteiger partial charge is 0.396 e. The molecule has 1 saturated heterocycles. The number of pyridine rings is 1. The number of aryl methyl sites for hydroxylation is 2. The Kier molecular flexibility index (Phi) is 9.07. The molecule has 2 heterocycles. The standard InChI is InChI=1S/C20H22ClN3.C4H8S/c1-4-5-6-7-16(18-11-24-12-19(23)20(18)21)17-9-15(10-22)13(2)8-14(17)3;1-4-2-5-3-4/h7-9,11-12H,4-6,23H2,1-3H3;4H,2-3H2,1H3/b16-7+;. The van der Waals surface area contributed by atoms with E-state index in [0.29, 0.717) is 16.3 Å². The molecule has 0 spiro atoms. The molecule has 1 fully saturated rings. The first-order valence-electron chi connectivity index (χ1n) is 10.1. The summed E-state index contributed by atoms with van der Waals surface area (Å²) >= 11 is 8.48. The van der Waals surface area contributed by atoms with Gasteiger partial charge in [-0.05, 0) is 66.0 Å². The van der Waals surface area contributed by atoms with Gasteiger partial charge in [-0.2, -0.15) is 17.0 Å². The zero-order valence-electron chi connectivity index (χ0n) is 17.8. The van der Waals surface area contributed by atoms with E-state index < -0.39 is 0 Å². The number of hydrogen-bond acceptors (Lipinski definition) is 4. The van der Waals surface area contributed by atoms with E-state index in [1.807, 2.05) is 37.7 Å². The molecule has 0 unspecified atom stereocenters. The molecule has 1 aliphatic rings. The molecule has 2 N–H and O–H groups in total. The van der Waals surface area contributed by atoms with Crippen LogP contribution in [0.25, 0.3) is 5.57 Å². The molecule has 154 valence electrons. The van der Waals surface area contributed by atoms with Gasteiger partial charge in [0.2, 0.25) is 0 Å². The number of halogens is 1. The number of rotatable bonds is 5. The highest BCUT2D eigenvalue weighted by atomic mass is 35.5. The molecule has 0 atom stereocenters. The van der Waals surface area contributed by atoms with Crippen molar-refractivity contribution in [1.82, 2.24) is 4.98 Å². The number of nitrogen functional groups attached to an aromatic ring is 1. The number of anilines is 1. The monoisotopic (exact) mass is 427 g/mol. The zero-order chi connectivity index (χ0) is 21.4. The summed E-state index contributed by atoms with van der Waals surface area (Å²) in [5.41, 5.74) is 11.9. The molecular weight excluding hydrogens is 398 g/mol. The van der Waals surface area contributed by atoms with Crippen LogP contribution in [0, 0.1) is 31.1 Å². The number of nitrogens with two attached hydrogens (primary N) is 1. The molecule has 5 heteroatoms. The second-order valence-electron chi connectivity index (χ2n) is 7.59. The molecule has 1 aliphatic heterocycles. The lowest BCUT2D eigenvalue weighted by molar-refractivity contribution is 0.723. The molecule has 2 aromatic rings. The molecule has 0 radical (unpaired) electrons. The maximum atomic E-state index is 9.37. The summed E-state index contributed by atoms with van der Waals surface area (Å²) < 4.78 is 0. The van der Waals surface area contributed by atoms with Gasteiger partial charge in [-0.25, -0.2) is 0 Å². The molecule has 0 saturated carbocycles. The van der Waals surface area contributed by atoms with Gasteiger partial charge in [0, 0.05) is 11.8 Å². The maximum absolute atomic E-state index is 9.37. The van der Waals surface area contributed by atoms with Crippen molar-refractivity contribution in [1.29, 1.82) is 5.26 Å². The highest BCUT2D eigenvalue weighted by Gasteiger charge is 2.15. The van der Waals surface area contributed by atoms with Gasteiger partial charge in [-0.3, -0.25) is 4.98 Å². The van der Waals surface area contributed by atoms with Gasteiger partial charge < -0.3 is 5.73 Å². The Bertz CT molecular complexity index is 911.